The van der Waals surface area contributed by atoms with Crippen LogP contribution in [0.4, 0.5) is 4.39 Å². The molecule has 3 nitrogen and oxygen atoms in total. The van der Waals surface area contributed by atoms with Crippen molar-refractivity contribution in [2.24, 2.45) is 0 Å². The van der Waals surface area contributed by atoms with Gasteiger partial charge in [0.1, 0.15) is 29.1 Å². The largest absolute Gasteiger partial charge is 0.487 e. The maximum absolute atomic E-state index is 13.3. The summed E-state index contributed by atoms with van der Waals surface area (Å²) < 4.78 is 25.3. The second-order valence-corrected chi connectivity index (χ2v) is 6.92. The van der Waals surface area contributed by atoms with Crippen LogP contribution in [0.15, 0.2) is 42.5 Å². The van der Waals surface area contributed by atoms with Gasteiger partial charge in [-0.3, -0.25) is 5.32 Å². The van der Waals surface area contributed by atoms with Crippen LogP contribution >= 0.6 is 0 Å². The van der Waals surface area contributed by atoms with Gasteiger partial charge in [0.25, 0.3) is 0 Å². The van der Waals surface area contributed by atoms with E-state index in [2.05, 4.69) is 25.2 Å². The normalized spacial score (nSPS) is 20.0. The Morgan fingerprint density at radius 2 is 1.92 bits per heavy atom. The highest BCUT2D eigenvalue weighted by molar-refractivity contribution is 5.48. The van der Waals surface area contributed by atoms with E-state index in [1.54, 1.807) is 0 Å². The first-order chi connectivity index (χ1) is 11.4. The average molecular weight is 329 g/mol. The number of halogens is 1. The van der Waals surface area contributed by atoms with Crippen molar-refractivity contribution in [2.45, 2.75) is 44.9 Å². The van der Waals surface area contributed by atoms with Gasteiger partial charge in [-0.25, -0.2) is 4.39 Å². The van der Waals surface area contributed by atoms with E-state index in [1.807, 2.05) is 38.2 Å². The van der Waals surface area contributed by atoms with Gasteiger partial charge in [-0.15, -0.1) is 0 Å². The van der Waals surface area contributed by atoms with E-state index >= 15 is 0 Å². The van der Waals surface area contributed by atoms with E-state index in [-0.39, 0.29) is 23.6 Å². The first-order valence-corrected chi connectivity index (χ1v) is 8.30. The molecule has 24 heavy (non-hydrogen) atoms. The summed E-state index contributed by atoms with van der Waals surface area (Å²) in [5.41, 5.74) is 1.93. The van der Waals surface area contributed by atoms with E-state index < -0.39 is 0 Å². The molecule has 1 N–H and O–H groups in total. The summed E-state index contributed by atoms with van der Waals surface area (Å²) in [6.07, 6.45) is 0.770. The van der Waals surface area contributed by atoms with Gasteiger partial charge in [0.15, 0.2) is 0 Å². The van der Waals surface area contributed by atoms with E-state index in [1.165, 1.54) is 12.1 Å². The van der Waals surface area contributed by atoms with Crippen molar-refractivity contribution >= 4 is 0 Å². The number of hydrogen-bond acceptors (Lipinski definition) is 3. The Morgan fingerprint density at radius 1 is 1.21 bits per heavy atom. The van der Waals surface area contributed by atoms with Crippen LogP contribution < -0.4 is 14.8 Å². The summed E-state index contributed by atoms with van der Waals surface area (Å²) in [7, 11) is 1.85. The first kappa shape index (κ1) is 16.8. The molecule has 3 rings (SSSR count). The van der Waals surface area contributed by atoms with Gasteiger partial charge in [-0.2, -0.15) is 0 Å². The molecule has 0 radical (unpaired) electrons. The van der Waals surface area contributed by atoms with E-state index in [4.69, 9.17) is 9.47 Å². The predicted molar refractivity (Wildman–Crippen MR) is 93.2 cm³/mol. The van der Waals surface area contributed by atoms with Crippen molar-refractivity contribution in [3.8, 4) is 11.5 Å². The number of nitrogens with one attached hydrogen (secondary N) is 1. The lowest BCUT2D eigenvalue weighted by molar-refractivity contribution is 0.0766. The third-order valence-corrected chi connectivity index (χ3v) is 4.43. The van der Waals surface area contributed by atoms with Gasteiger partial charge in [0.05, 0.1) is 0 Å². The van der Waals surface area contributed by atoms with E-state index in [0.29, 0.717) is 0 Å². The van der Waals surface area contributed by atoms with Gasteiger partial charge in [0, 0.05) is 17.5 Å². The Balaban J connectivity index is 1.98. The summed E-state index contributed by atoms with van der Waals surface area (Å²) in [6, 6.07) is 12.7. The summed E-state index contributed by atoms with van der Waals surface area (Å²) in [6.45, 7) is 6.11. The van der Waals surface area contributed by atoms with Crippen molar-refractivity contribution in [1.82, 2.24) is 5.32 Å². The van der Waals surface area contributed by atoms with E-state index in [9.17, 15) is 4.39 Å². The van der Waals surface area contributed by atoms with Crippen LogP contribution in [0.5, 0.6) is 11.5 Å². The molecule has 0 amide bonds. The molecule has 0 saturated carbocycles. The molecule has 128 valence electrons. The smallest absolute Gasteiger partial charge is 0.147 e. The third-order valence-electron chi connectivity index (χ3n) is 4.43. The molecule has 2 unspecified atom stereocenters. The van der Waals surface area contributed by atoms with Crippen LogP contribution in [0, 0.1) is 5.82 Å². The second-order valence-electron chi connectivity index (χ2n) is 6.92. The predicted octanol–water partition coefficient (Wildman–Crippen LogP) is 4.46. The zero-order valence-corrected chi connectivity index (χ0v) is 14.6. The fourth-order valence-electron chi connectivity index (χ4n) is 3.16. The van der Waals surface area contributed by atoms with Crippen molar-refractivity contribution in [1.29, 1.82) is 0 Å². The highest BCUT2D eigenvalue weighted by Gasteiger charge is 2.34. The maximum Gasteiger partial charge on any atom is 0.147 e. The van der Waals surface area contributed by atoms with Crippen LogP contribution in [-0.4, -0.2) is 18.9 Å². The zero-order valence-electron chi connectivity index (χ0n) is 14.6. The summed E-state index contributed by atoms with van der Waals surface area (Å²) in [5.74, 6) is 1.57. The molecule has 0 fully saturated rings. The minimum absolute atomic E-state index is 0.0763. The lowest BCUT2D eigenvalue weighted by Crippen LogP contribution is -2.35. The molecule has 0 saturated heterocycles. The number of hydrogen-bond donors (Lipinski definition) is 1. The first-order valence-electron chi connectivity index (χ1n) is 8.30. The number of fused-ring (bicyclic) bond motifs is 1. The Morgan fingerprint density at radius 3 is 2.58 bits per heavy atom. The lowest BCUT2D eigenvalue weighted by Gasteiger charge is -2.38. The van der Waals surface area contributed by atoms with Crippen molar-refractivity contribution < 1.29 is 13.9 Å². The molecule has 0 aliphatic carbocycles. The summed E-state index contributed by atoms with van der Waals surface area (Å²) >= 11 is 0. The fourth-order valence-corrected chi connectivity index (χ4v) is 3.16. The lowest BCUT2D eigenvalue weighted by atomic mass is 9.80. The topological polar surface area (TPSA) is 30.5 Å². The van der Waals surface area contributed by atoms with Gasteiger partial charge in [0.2, 0.25) is 0 Å². The highest BCUT2D eigenvalue weighted by atomic mass is 19.1. The maximum atomic E-state index is 13.3. The van der Waals surface area contributed by atoms with Gasteiger partial charge in [-0.05, 0) is 58.0 Å². The van der Waals surface area contributed by atoms with Crippen molar-refractivity contribution in [2.75, 3.05) is 7.05 Å². The SMILES string of the molecule is CNC(C)Oc1ccc2c(c1)OC(C)(C)CC2c1ccc(F)cc1. The molecule has 1 aliphatic rings. The molecular formula is C20H24FNO2. The van der Waals surface area contributed by atoms with Gasteiger partial charge in [-0.1, -0.05) is 18.2 Å². The molecule has 2 aromatic rings. The molecular weight excluding hydrogens is 305 g/mol. The molecule has 1 aliphatic heterocycles. The van der Waals surface area contributed by atoms with Crippen LogP contribution in [0.2, 0.25) is 0 Å². The number of benzene rings is 2. The van der Waals surface area contributed by atoms with Crippen molar-refractivity contribution in [3.05, 3.63) is 59.4 Å². The monoisotopic (exact) mass is 329 g/mol. The highest BCUT2D eigenvalue weighted by Crippen LogP contribution is 2.45. The summed E-state index contributed by atoms with van der Waals surface area (Å²) in [5, 5.41) is 3.05. The number of rotatable bonds is 4. The Labute approximate surface area is 142 Å². The number of ether oxygens (including phenoxy) is 2. The minimum atomic E-state index is -0.292. The van der Waals surface area contributed by atoms with Crippen LogP contribution in [0.3, 0.4) is 0 Å². The Bertz CT molecular complexity index is 712. The Hall–Kier alpha value is -2.07. The van der Waals surface area contributed by atoms with Gasteiger partial charge < -0.3 is 9.47 Å². The van der Waals surface area contributed by atoms with Crippen LogP contribution in [0.25, 0.3) is 0 Å². The molecule has 0 aromatic heterocycles. The molecule has 2 atom stereocenters. The zero-order chi connectivity index (χ0) is 17.3. The van der Waals surface area contributed by atoms with Gasteiger partial charge >= 0.3 is 0 Å². The second kappa shape index (κ2) is 6.44. The summed E-state index contributed by atoms with van der Waals surface area (Å²) in [4.78, 5) is 0. The average Bonchev–Trinajstić information content (AvgIpc) is 2.53. The van der Waals surface area contributed by atoms with Crippen LogP contribution in [-0.2, 0) is 0 Å². The molecule has 0 bridgehead atoms. The Kier molecular flexibility index (Phi) is 4.50. The molecule has 2 aromatic carbocycles. The van der Waals surface area contributed by atoms with Crippen molar-refractivity contribution in [3.63, 3.8) is 0 Å². The molecule has 4 heteroatoms. The standard InChI is InChI=1S/C20H24FNO2/c1-13(22-4)23-16-9-10-17-18(14-5-7-15(21)8-6-14)12-20(2,3)24-19(17)11-16/h5-11,13,18,22H,12H2,1-4H3. The molecule has 1 heterocycles. The molecule has 0 spiro atoms. The quantitative estimate of drug-likeness (QED) is 0.840. The van der Waals surface area contributed by atoms with E-state index in [0.717, 1.165) is 29.0 Å². The fraction of sp³-hybridized carbons (Fsp3) is 0.400. The minimum Gasteiger partial charge on any atom is -0.487 e. The third kappa shape index (κ3) is 3.54. The van der Waals surface area contributed by atoms with Crippen LogP contribution in [0.1, 0.15) is 44.2 Å².